The molecule has 0 N–H and O–H groups in total. The van der Waals surface area contributed by atoms with E-state index in [2.05, 4.69) is 241 Å². The van der Waals surface area contributed by atoms with Crippen molar-refractivity contribution in [2.75, 3.05) is 14.7 Å². The molecular weight excluding hydrogens is 713 g/mol. The molecule has 2 aliphatic rings. The van der Waals surface area contributed by atoms with E-state index in [1.54, 1.807) is 0 Å². The van der Waals surface area contributed by atoms with E-state index in [1.807, 2.05) is 12.2 Å². The van der Waals surface area contributed by atoms with Crippen LogP contribution < -0.4 is 31.1 Å². The van der Waals surface area contributed by atoms with E-state index in [9.17, 15) is 0 Å². The van der Waals surface area contributed by atoms with Crippen molar-refractivity contribution >= 4 is 79.9 Å². The molecule has 0 saturated heterocycles. The highest BCUT2D eigenvalue weighted by Gasteiger charge is 2.43. The zero-order chi connectivity index (χ0) is 39.7. The number of rotatable bonds is 9. The molecule has 2 aliphatic heterocycles. The normalized spacial score (nSPS) is 12.8. The van der Waals surface area contributed by atoms with Crippen molar-refractivity contribution in [1.29, 1.82) is 0 Å². The van der Waals surface area contributed by atoms with Gasteiger partial charge in [-0.2, -0.15) is 0 Å². The van der Waals surface area contributed by atoms with Gasteiger partial charge in [-0.05, 0) is 124 Å². The number of hydrogen-bond acceptors (Lipinski definition) is 3. The smallest absolute Gasteiger partial charge is 0.252 e. The number of fused-ring (bicyclic) bond motifs is 4. The fourth-order valence-electron chi connectivity index (χ4n) is 8.87. The average molecular weight is 756 g/mol. The van der Waals surface area contributed by atoms with E-state index in [0.717, 1.165) is 28.4 Å². The molecule has 2 heterocycles. The number of benzene rings is 8. The first-order valence-corrected chi connectivity index (χ1v) is 20.3. The highest BCUT2D eigenvalue weighted by Crippen LogP contribution is 2.46. The molecule has 0 aromatic heterocycles. The average Bonchev–Trinajstić information content (AvgIpc) is 3.30. The Labute approximate surface area is 347 Å². The highest BCUT2D eigenvalue weighted by atomic mass is 15.2. The predicted molar refractivity (Wildman–Crippen MR) is 254 cm³/mol. The summed E-state index contributed by atoms with van der Waals surface area (Å²) in [4.78, 5) is 7.31. The molecule has 0 saturated carbocycles. The Kier molecular flexibility index (Phi) is 9.36. The van der Waals surface area contributed by atoms with Gasteiger partial charge in [0.05, 0.1) is 0 Å². The Hall–Kier alpha value is -7.56. The first kappa shape index (κ1) is 35.8. The molecular formula is C55H42BN3. The first-order valence-electron chi connectivity index (χ1n) is 20.3. The second-order valence-corrected chi connectivity index (χ2v) is 15.1. The quantitative estimate of drug-likeness (QED) is 0.107. The maximum Gasteiger partial charge on any atom is 0.252 e. The monoisotopic (exact) mass is 755 g/mol. The summed E-state index contributed by atoms with van der Waals surface area (Å²) in [5, 5.41) is 0. The van der Waals surface area contributed by atoms with E-state index in [-0.39, 0.29) is 6.71 Å². The van der Waals surface area contributed by atoms with Crippen molar-refractivity contribution in [3.63, 3.8) is 0 Å². The Morgan fingerprint density at radius 3 is 1.68 bits per heavy atom. The van der Waals surface area contributed by atoms with E-state index >= 15 is 0 Å². The first-order chi connectivity index (χ1) is 29.2. The van der Waals surface area contributed by atoms with Crippen LogP contribution in [0.5, 0.6) is 0 Å². The minimum absolute atomic E-state index is 0.00494. The summed E-state index contributed by atoms with van der Waals surface area (Å²) in [5.74, 6) is 0. The van der Waals surface area contributed by atoms with Crippen molar-refractivity contribution < 1.29 is 0 Å². The van der Waals surface area contributed by atoms with Crippen LogP contribution in [0, 0.1) is 0 Å². The van der Waals surface area contributed by atoms with Crippen molar-refractivity contribution in [1.82, 2.24) is 0 Å². The lowest BCUT2D eigenvalue weighted by atomic mass is 9.33. The zero-order valence-corrected chi connectivity index (χ0v) is 33.0. The van der Waals surface area contributed by atoms with Crippen molar-refractivity contribution in [2.45, 2.75) is 6.92 Å². The van der Waals surface area contributed by atoms with Crippen molar-refractivity contribution in [3.05, 3.63) is 237 Å². The SMILES string of the molecule is C=C/C=C\C=C(/C)c1ccc2c(c1)N(c1cccc(-c3ccccc3)c1)c1cccc3c1B2c1ccc(N(c2ccccc2)c2ccccc2)cc1N3c1ccccc1. The molecule has 59 heavy (non-hydrogen) atoms. The Bertz CT molecular complexity index is 2830. The summed E-state index contributed by atoms with van der Waals surface area (Å²) < 4.78 is 0. The maximum atomic E-state index is 3.87. The van der Waals surface area contributed by atoms with Crippen LogP contribution >= 0.6 is 0 Å². The van der Waals surface area contributed by atoms with Crippen molar-refractivity contribution in [3.8, 4) is 11.1 Å². The number of para-hydroxylation sites is 3. The van der Waals surface area contributed by atoms with Gasteiger partial charge in [0.15, 0.2) is 0 Å². The van der Waals surface area contributed by atoms with Crippen molar-refractivity contribution in [2.24, 2.45) is 0 Å². The second kappa shape index (κ2) is 15.4. The summed E-state index contributed by atoms with van der Waals surface area (Å²) in [6.07, 6.45) is 8.02. The summed E-state index contributed by atoms with van der Waals surface area (Å²) in [5.41, 5.74) is 18.9. The summed E-state index contributed by atoms with van der Waals surface area (Å²) >= 11 is 0. The second-order valence-electron chi connectivity index (χ2n) is 15.1. The maximum absolute atomic E-state index is 3.87. The Morgan fingerprint density at radius 2 is 1.02 bits per heavy atom. The molecule has 0 radical (unpaired) electrons. The van der Waals surface area contributed by atoms with Crippen LogP contribution in [-0.2, 0) is 0 Å². The lowest BCUT2D eigenvalue weighted by Crippen LogP contribution is -2.61. The molecule has 0 fully saturated rings. The van der Waals surface area contributed by atoms with Crippen LogP contribution in [0.4, 0.5) is 51.2 Å². The van der Waals surface area contributed by atoms with Gasteiger partial charge in [0.1, 0.15) is 0 Å². The summed E-state index contributed by atoms with van der Waals surface area (Å²) in [7, 11) is 0. The Morgan fingerprint density at radius 1 is 0.475 bits per heavy atom. The Balaban J connectivity index is 1.23. The molecule has 8 aromatic rings. The molecule has 10 rings (SSSR count). The van der Waals surface area contributed by atoms with Gasteiger partial charge < -0.3 is 14.7 Å². The van der Waals surface area contributed by atoms with Gasteiger partial charge in [-0.25, -0.2) is 0 Å². The predicted octanol–water partition coefficient (Wildman–Crippen LogP) is 13.1. The van der Waals surface area contributed by atoms with Gasteiger partial charge >= 0.3 is 0 Å². The van der Waals surface area contributed by atoms with E-state index in [0.29, 0.717) is 0 Å². The van der Waals surface area contributed by atoms with Gasteiger partial charge in [-0.15, -0.1) is 0 Å². The molecule has 0 aliphatic carbocycles. The van der Waals surface area contributed by atoms with Crippen LogP contribution in [-0.4, -0.2) is 6.71 Å². The van der Waals surface area contributed by atoms with E-state index in [1.165, 1.54) is 61.4 Å². The van der Waals surface area contributed by atoms with E-state index < -0.39 is 0 Å². The van der Waals surface area contributed by atoms with Crippen LogP contribution in [0.25, 0.3) is 16.7 Å². The molecule has 0 unspecified atom stereocenters. The number of allylic oxidation sites excluding steroid dienone is 5. The summed E-state index contributed by atoms with van der Waals surface area (Å²) in [6.45, 7) is 6.05. The van der Waals surface area contributed by atoms with Gasteiger partial charge in [-0.1, -0.05) is 152 Å². The number of anilines is 9. The van der Waals surface area contributed by atoms with Gasteiger partial charge in [-0.3, -0.25) is 0 Å². The van der Waals surface area contributed by atoms with Gasteiger partial charge in [0.2, 0.25) is 0 Å². The minimum Gasteiger partial charge on any atom is -0.311 e. The van der Waals surface area contributed by atoms with Crippen LogP contribution in [0.2, 0.25) is 0 Å². The van der Waals surface area contributed by atoms with Gasteiger partial charge in [0, 0.05) is 51.2 Å². The third kappa shape index (κ3) is 6.45. The number of nitrogens with zero attached hydrogens (tertiary/aromatic N) is 3. The van der Waals surface area contributed by atoms with Crippen LogP contribution in [0.15, 0.2) is 231 Å². The molecule has 0 spiro atoms. The largest absolute Gasteiger partial charge is 0.311 e. The molecule has 0 bridgehead atoms. The third-order valence-corrected chi connectivity index (χ3v) is 11.5. The van der Waals surface area contributed by atoms with E-state index in [4.69, 9.17) is 0 Å². The standard InChI is InChI=1S/C55H42BN3/c1-3-4-9-20-40(2)42-33-35-49-53(38-42)59(47-30-18-23-43(37-47)41-21-10-5-11-22-41)52-32-19-31-51-55(52)56(49)50-36-34-48(39-54(50)58(51)46-28-16-8-17-29-46)57(44-24-12-6-13-25-44)45-26-14-7-15-27-45/h3-39H,1H2,2H3/b9-4-,40-20+. The minimum atomic E-state index is -0.00494. The molecule has 3 nitrogen and oxygen atoms in total. The van der Waals surface area contributed by atoms with Crippen LogP contribution in [0.1, 0.15) is 12.5 Å². The molecule has 0 atom stereocenters. The molecule has 280 valence electrons. The number of hydrogen-bond donors (Lipinski definition) is 0. The topological polar surface area (TPSA) is 9.72 Å². The lowest BCUT2D eigenvalue weighted by molar-refractivity contribution is 1.24. The summed E-state index contributed by atoms with van der Waals surface area (Å²) in [6, 6.07) is 72.7. The lowest BCUT2D eigenvalue weighted by Gasteiger charge is -2.44. The fraction of sp³-hybridized carbons (Fsp3) is 0.0182. The highest BCUT2D eigenvalue weighted by molar-refractivity contribution is 7.00. The molecule has 0 amide bonds. The molecule has 4 heteroatoms. The molecule has 8 aromatic carbocycles. The van der Waals surface area contributed by atoms with Crippen LogP contribution in [0.3, 0.4) is 0 Å². The van der Waals surface area contributed by atoms with Gasteiger partial charge in [0.25, 0.3) is 6.71 Å². The fourth-order valence-corrected chi connectivity index (χ4v) is 8.87. The zero-order valence-electron chi connectivity index (χ0n) is 33.0. The third-order valence-electron chi connectivity index (χ3n) is 11.5.